The highest BCUT2D eigenvalue weighted by Gasteiger charge is 2.11. The highest BCUT2D eigenvalue weighted by molar-refractivity contribution is 5.93. The van der Waals surface area contributed by atoms with Gasteiger partial charge in [0.15, 0.2) is 5.82 Å². The molecule has 0 unspecified atom stereocenters. The van der Waals surface area contributed by atoms with Crippen LogP contribution in [0.1, 0.15) is 5.56 Å². The summed E-state index contributed by atoms with van der Waals surface area (Å²) in [6.07, 6.45) is 5.46. The Hall–Kier alpha value is -3.30. The molecule has 2 aromatic carbocycles. The lowest BCUT2D eigenvalue weighted by Gasteiger charge is -2.11. The van der Waals surface area contributed by atoms with E-state index >= 15 is 0 Å². The van der Waals surface area contributed by atoms with Crippen LogP contribution in [0, 0.1) is 12.3 Å². The van der Waals surface area contributed by atoms with Crippen LogP contribution in [0.5, 0.6) is 5.75 Å². The van der Waals surface area contributed by atoms with Gasteiger partial charge in [0.2, 0.25) is 0 Å². The van der Waals surface area contributed by atoms with Gasteiger partial charge < -0.3 is 20.9 Å². The van der Waals surface area contributed by atoms with Gasteiger partial charge in [-0.15, -0.1) is 6.42 Å². The van der Waals surface area contributed by atoms with Crippen molar-refractivity contribution in [3.05, 3.63) is 42.0 Å². The molecule has 6 heteroatoms. The summed E-state index contributed by atoms with van der Waals surface area (Å²) in [6.45, 7) is 0.858. The first-order valence-electron chi connectivity index (χ1n) is 7.68. The Labute approximate surface area is 145 Å². The average Bonchev–Trinajstić information content (AvgIpc) is 2.63. The van der Waals surface area contributed by atoms with Crippen molar-refractivity contribution in [2.45, 2.75) is 0 Å². The molecule has 4 N–H and O–H groups in total. The molecule has 0 radical (unpaired) electrons. The summed E-state index contributed by atoms with van der Waals surface area (Å²) < 4.78 is 10.6. The molecule has 0 saturated carbocycles. The van der Waals surface area contributed by atoms with Crippen LogP contribution in [0.15, 0.2) is 36.4 Å². The number of terminal acetylenes is 1. The molecular formula is C19H18N4O2. The van der Waals surface area contributed by atoms with Gasteiger partial charge in [-0.2, -0.15) is 0 Å². The fourth-order valence-electron chi connectivity index (χ4n) is 2.43. The fraction of sp³-hybridized carbons (Fsp3) is 0.158. The summed E-state index contributed by atoms with van der Waals surface area (Å²) in [4.78, 5) is 8.96. The van der Waals surface area contributed by atoms with E-state index in [2.05, 4.69) is 15.9 Å². The summed E-state index contributed by atoms with van der Waals surface area (Å²) in [7, 11) is 1.61. The third-order valence-corrected chi connectivity index (χ3v) is 3.69. The standard InChI is InChI=1S/C19H18N4O2/c1-3-12-5-4-6-13(9-12)19-22-16-11-17(25-8-7-24-2)15(20)10-14(16)18(21)23-19/h1,4-6,9-11H,7-8,20H2,2H3,(H2,21,22,23). The van der Waals surface area contributed by atoms with Crippen LogP contribution in [0.2, 0.25) is 0 Å². The fourth-order valence-corrected chi connectivity index (χ4v) is 2.43. The number of anilines is 2. The predicted molar refractivity (Wildman–Crippen MR) is 99.1 cm³/mol. The minimum Gasteiger partial charge on any atom is -0.489 e. The zero-order valence-electron chi connectivity index (χ0n) is 13.8. The van der Waals surface area contributed by atoms with Crippen LogP contribution >= 0.6 is 0 Å². The van der Waals surface area contributed by atoms with Gasteiger partial charge >= 0.3 is 0 Å². The summed E-state index contributed by atoms with van der Waals surface area (Å²) in [5.41, 5.74) is 14.8. The van der Waals surface area contributed by atoms with E-state index in [-0.39, 0.29) is 0 Å². The second kappa shape index (κ2) is 7.07. The maximum absolute atomic E-state index is 6.10. The lowest BCUT2D eigenvalue weighted by Crippen LogP contribution is -2.06. The minimum absolute atomic E-state index is 0.348. The number of fused-ring (bicyclic) bond motifs is 1. The van der Waals surface area contributed by atoms with E-state index in [1.807, 2.05) is 24.3 Å². The first-order valence-corrected chi connectivity index (χ1v) is 7.68. The lowest BCUT2D eigenvalue weighted by atomic mass is 10.1. The zero-order chi connectivity index (χ0) is 17.8. The third kappa shape index (κ3) is 3.47. The molecule has 0 fully saturated rings. The molecule has 0 atom stereocenters. The Morgan fingerprint density at radius 3 is 2.72 bits per heavy atom. The SMILES string of the molecule is C#Cc1cccc(-c2nc(N)c3cc(N)c(OCCOC)cc3n2)c1. The molecule has 3 rings (SSSR count). The van der Waals surface area contributed by atoms with Gasteiger partial charge in [-0.3, -0.25) is 0 Å². The van der Waals surface area contributed by atoms with Crippen LogP contribution < -0.4 is 16.2 Å². The number of rotatable bonds is 5. The molecule has 1 heterocycles. The molecule has 1 aromatic heterocycles. The Balaban J connectivity index is 2.07. The highest BCUT2D eigenvalue weighted by Crippen LogP contribution is 2.31. The Bertz CT molecular complexity index is 964. The quantitative estimate of drug-likeness (QED) is 0.423. The predicted octanol–water partition coefficient (Wildman–Crippen LogP) is 2.47. The van der Waals surface area contributed by atoms with Crippen molar-refractivity contribution in [2.75, 3.05) is 31.8 Å². The van der Waals surface area contributed by atoms with Crippen LogP contribution in [0.4, 0.5) is 11.5 Å². The normalized spacial score (nSPS) is 10.6. The monoisotopic (exact) mass is 334 g/mol. The first kappa shape index (κ1) is 16.6. The molecule has 6 nitrogen and oxygen atoms in total. The Morgan fingerprint density at radius 1 is 1.12 bits per heavy atom. The largest absolute Gasteiger partial charge is 0.489 e. The van der Waals surface area contributed by atoms with Gasteiger partial charge in [0.25, 0.3) is 0 Å². The van der Waals surface area contributed by atoms with Crippen molar-refractivity contribution in [1.82, 2.24) is 9.97 Å². The van der Waals surface area contributed by atoms with Crippen molar-refractivity contribution in [2.24, 2.45) is 0 Å². The van der Waals surface area contributed by atoms with Gasteiger partial charge in [-0.05, 0) is 18.2 Å². The molecule has 0 spiro atoms. The first-order chi connectivity index (χ1) is 12.1. The highest BCUT2D eigenvalue weighted by atomic mass is 16.5. The summed E-state index contributed by atoms with van der Waals surface area (Å²) >= 11 is 0. The average molecular weight is 334 g/mol. The second-order valence-corrected chi connectivity index (χ2v) is 5.41. The number of hydrogen-bond donors (Lipinski definition) is 2. The van der Waals surface area contributed by atoms with Crippen molar-refractivity contribution in [1.29, 1.82) is 0 Å². The van der Waals surface area contributed by atoms with E-state index < -0.39 is 0 Å². The number of ether oxygens (including phenoxy) is 2. The van der Waals surface area contributed by atoms with Crippen molar-refractivity contribution < 1.29 is 9.47 Å². The summed E-state index contributed by atoms with van der Waals surface area (Å²) in [6, 6.07) is 10.9. The summed E-state index contributed by atoms with van der Waals surface area (Å²) in [5, 5.41) is 0.674. The molecule has 0 bridgehead atoms. The molecule has 0 saturated heterocycles. The number of hydrogen-bond acceptors (Lipinski definition) is 6. The number of nitrogen functional groups attached to an aromatic ring is 2. The van der Waals surface area contributed by atoms with E-state index in [1.54, 1.807) is 19.2 Å². The van der Waals surface area contributed by atoms with E-state index in [0.29, 0.717) is 47.2 Å². The van der Waals surface area contributed by atoms with E-state index in [4.69, 9.17) is 27.4 Å². The van der Waals surface area contributed by atoms with Gasteiger partial charge in [-0.25, -0.2) is 9.97 Å². The maximum Gasteiger partial charge on any atom is 0.162 e. The van der Waals surface area contributed by atoms with Crippen molar-refractivity contribution in [3.63, 3.8) is 0 Å². The molecule has 3 aromatic rings. The molecule has 0 aliphatic carbocycles. The van der Waals surface area contributed by atoms with Gasteiger partial charge in [-0.1, -0.05) is 18.1 Å². The topological polar surface area (TPSA) is 96.3 Å². The Kier molecular flexibility index (Phi) is 4.68. The van der Waals surface area contributed by atoms with Crippen LogP contribution in [0.25, 0.3) is 22.3 Å². The smallest absolute Gasteiger partial charge is 0.162 e. The van der Waals surface area contributed by atoms with Gasteiger partial charge in [0.1, 0.15) is 18.2 Å². The van der Waals surface area contributed by atoms with Gasteiger partial charge in [0.05, 0.1) is 17.8 Å². The molecule has 126 valence electrons. The van der Waals surface area contributed by atoms with Crippen molar-refractivity contribution in [3.8, 4) is 29.5 Å². The van der Waals surface area contributed by atoms with E-state index in [1.165, 1.54) is 0 Å². The second-order valence-electron chi connectivity index (χ2n) is 5.41. The van der Waals surface area contributed by atoms with Crippen molar-refractivity contribution >= 4 is 22.4 Å². The van der Waals surface area contributed by atoms with Crippen LogP contribution in [0.3, 0.4) is 0 Å². The van der Waals surface area contributed by atoms with E-state index in [0.717, 1.165) is 11.1 Å². The summed E-state index contributed by atoms with van der Waals surface area (Å²) in [5.74, 6) is 3.98. The molecule has 0 amide bonds. The maximum atomic E-state index is 6.10. The number of benzene rings is 2. The molecular weight excluding hydrogens is 316 g/mol. The number of nitrogens with two attached hydrogens (primary N) is 2. The molecule has 0 aliphatic heterocycles. The minimum atomic E-state index is 0.348. The number of methoxy groups -OCH3 is 1. The lowest BCUT2D eigenvalue weighted by molar-refractivity contribution is 0.147. The number of nitrogens with zero attached hydrogens (tertiary/aromatic N) is 2. The van der Waals surface area contributed by atoms with E-state index in [9.17, 15) is 0 Å². The molecule has 25 heavy (non-hydrogen) atoms. The Morgan fingerprint density at radius 2 is 1.96 bits per heavy atom. The number of aromatic nitrogens is 2. The third-order valence-electron chi connectivity index (χ3n) is 3.69. The zero-order valence-corrected chi connectivity index (χ0v) is 13.8. The molecule has 0 aliphatic rings. The van der Waals surface area contributed by atoms with Crippen LogP contribution in [-0.2, 0) is 4.74 Å². The van der Waals surface area contributed by atoms with Gasteiger partial charge in [0, 0.05) is 29.7 Å². The van der Waals surface area contributed by atoms with Crippen LogP contribution in [-0.4, -0.2) is 30.3 Å².